The molecule has 1 heterocycles. The molecule has 0 radical (unpaired) electrons. The normalized spacial score (nSPS) is 12.0. The Balaban J connectivity index is 1.88. The topological polar surface area (TPSA) is 85.1 Å². The first-order valence-electron chi connectivity index (χ1n) is 6.78. The van der Waals surface area contributed by atoms with Crippen molar-refractivity contribution in [2.24, 2.45) is 0 Å². The highest BCUT2D eigenvalue weighted by atomic mass is 32.2. The number of aromatic nitrogens is 2. The molecule has 1 aromatic heterocycles. The first-order valence-corrected chi connectivity index (χ1v) is 7.83. The summed E-state index contributed by atoms with van der Waals surface area (Å²) in [5, 5.41) is 6.44. The average Bonchev–Trinajstić information content (AvgIpc) is 2.91. The number of nitrogens with zero attached hydrogens (tertiary/aromatic N) is 2. The van der Waals surface area contributed by atoms with E-state index in [1.165, 1.54) is 18.7 Å². The maximum absolute atomic E-state index is 12.0. The number of hydrogen-bond acceptors (Lipinski definition) is 6. The van der Waals surface area contributed by atoms with Crippen molar-refractivity contribution in [1.82, 2.24) is 10.1 Å². The summed E-state index contributed by atoms with van der Waals surface area (Å²) in [6, 6.07) is 6.87. The van der Waals surface area contributed by atoms with Gasteiger partial charge in [-0.1, -0.05) is 17.3 Å². The van der Waals surface area contributed by atoms with Crippen LogP contribution >= 0.6 is 11.8 Å². The van der Waals surface area contributed by atoms with Gasteiger partial charge in [0.25, 0.3) is 0 Å². The van der Waals surface area contributed by atoms with E-state index in [0.717, 1.165) is 0 Å². The van der Waals surface area contributed by atoms with Crippen molar-refractivity contribution in [3.63, 3.8) is 0 Å². The predicted octanol–water partition coefficient (Wildman–Crippen LogP) is 3.01. The minimum atomic E-state index is -0.145. The van der Waals surface area contributed by atoms with Gasteiger partial charge in [0.1, 0.15) is 0 Å². The lowest BCUT2D eigenvalue weighted by Gasteiger charge is -2.08. The van der Waals surface area contributed by atoms with Gasteiger partial charge in [-0.3, -0.25) is 9.59 Å². The Labute approximate surface area is 132 Å². The molecule has 1 unspecified atom stereocenters. The number of ketones is 1. The molecule has 7 heteroatoms. The van der Waals surface area contributed by atoms with E-state index in [4.69, 9.17) is 4.52 Å². The number of nitrogens with one attached hydrogen (secondary N) is 1. The SMILES string of the molecule is CC(=O)c1cccc(NC(=O)CSC(C)c2nc(C)no2)c1. The number of thioether (sulfide) groups is 1. The number of aryl methyl sites for hydroxylation is 1. The second-order valence-electron chi connectivity index (χ2n) is 4.82. The highest BCUT2D eigenvalue weighted by molar-refractivity contribution is 8.00. The van der Waals surface area contributed by atoms with Crippen molar-refractivity contribution in [2.45, 2.75) is 26.0 Å². The van der Waals surface area contributed by atoms with Crippen LogP contribution in [0.1, 0.15) is 41.2 Å². The average molecular weight is 319 g/mol. The Bertz CT molecular complexity index is 684. The summed E-state index contributed by atoms with van der Waals surface area (Å²) < 4.78 is 5.07. The van der Waals surface area contributed by atoms with Crippen LogP contribution in [0.4, 0.5) is 5.69 Å². The quantitative estimate of drug-likeness (QED) is 0.824. The summed E-state index contributed by atoms with van der Waals surface area (Å²) in [6.07, 6.45) is 0. The molecule has 0 aliphatic heterocycles. The number of hydrogen-bond donors (Lipinski definition) is 1. The van der Waals surface area contributed by atoms with Gasteiger partial charge in [-0.05, 0) is 32.9 Å². The molecule has 0 saturated carbocycles. The molecule has 0 fully saturated rings. The summed E-state index contributed by atoms with van der Waals surface area (Å²) in [4.78, 5) is 27.4. The van der Waals surface area contributed by atoms with Crippen molar-refractivity contribution in [2.75, 3.05) is 11.1 Å². The van der Waals surface area contributed by atoms with Gasteiger partial charge in [0.2, 0.25) is 11.8 Å². The molecule has 0 aliphatic rings. The van der Waals surface area contributed by atoms with Gasteiger partial charge in [-0.15, -0.1) is 11.8 Å². The van der Waals surface area contributed by atoms with Crippen molar-refractivity contribution in [3.05, 3.63) is 41.5 Å². The van der Waals surface area contributed by atoms with Gasteiger partial charge in [0.15, 0.2) is 11.6 Å². The number of rotatable bonds is 6. The van der Waals surface area contributed by atoms with Crippen molar-refractivity contribution in [1.29, 1.82) is 0 Å². The summed E-state index contributed by atoms with van der Waals surface area (Å²) in [5.41, 5.74) is 1.18. The third-order valence-electron chi connectivity index (χ3n) is 2.91. The lowest BCUT2D eigenvalue weighted by molar-refractivity contribution is -0.113. The summed E-state index contributed by atoms with van der Waals surface area (Å²) in [7, 11) is 0. The monoisotopic (exact) mass is 319 g/mol. The second kappa shape index (κ2) is 7.22. The molecule has 6 nitrogen and oxygen atoms in total. The van der Waals surface area contributed by atoms with E-state index < -0.39 is 0 Å². The molecule has 116 valence electrons. The predicted molar refractivity (Wildman–Crippen MR) is 85.0 cm³/mol. The zero-order valence-electron chi connectivity index (χ0n) is 12.6. The number of amides is 1. The van der Waals surface area contributed by atoms with Crippen molar-refractivity contribution < 1.29 is 14.1 Å². The lowest BCUT2D eigenvalue weighted by Crippen LogP contribution is -2.15. The Morgan fingerprint density at radius 3 is 2.82 bits per heavy atom. The summed E-state index contributed by atoms with van der Waals surface area (Å²) >= 11 is 1.41. The molecule has 0 spiro atoms. The van der Waals surface area contributed by atoms with E-state index in [0.29, 0.717) is 23.0 Å². The van der Waals surface area contributed by atoms with Crippen LogP contribution in [0.3, 0.4) is 0 Å². The molecule has 0 bridgehead atoms. The molecule has 22 heavy (non-hydrogen) atoms. The van der Waals surface area contributed by atoms with E-state index in [1.54, 1.807) is 31.2 Å². The van der Waals surface area contributed by atoms with Gasteiger partial charge in [-0.25, -0.2) is 0 Å². The van der Waals surface area contributed by atoms with Crippen LogP contribution in [0, 0.1) is 6.92 Å². The highest BCUT2D eigenvalue weighted by Gasteiger charge is 2.15. The minimum absolute atomic E-state index is 0.0362. The maximum atomic E-state index is 12.0. The Morgan fingerprint density at radius 1 is 1.41 bits per heavy atom. The van der Waals surface area contributed by atoms with Crippen LogP contribution in [0.5, 0.6) is 0 Å². The van der Waals surface area contributed by atoms with Gasteiger partial charge in [-0.2, -0.15) is 4.98 Å². The van der Waals surface area contributed by atoms with Crippen molar-refractivity contribution in [3.8, 4) is 0 Å². The standard InChI is InChI=1S/C15H17N3O3S/c1-9(19)12-5-4-6-13(7-12)17-14(20)8-22-10(2)15-16-11(3)18-21-15/h4-7,10H,8H2,1-3H3,(H,17,20). The van der Waals surface area contributed by atoms with Crippen LogP contribution < -0.4 is 5.32 Å². The van der Waals surface area contributed by atoms with E-state index in [2.05, 4.69) is 15.5 Å². The Morgan fingerprint density at radius 2 is 2.18 bits per heavy atom. The molecule has 2 rings (SSSR count). The fraction of sp³-hybridized carbons (Fsp3) is 0.333. The maximum Gasteiger partial charge on any atom is 0.239 e. The van der Waals surface area contributed by atoms with Gasteiger partial charge in [0.05, 0.1) is 11.0 Å². The molecule has 0 aliphatic carbocycles. The largest absolute Gasteiger partial charge is 0.338 e. The number of Topliss-reactive ketones (excluding diaryl/α,β-unsaturated/α-hetero) is 1. The number of benzene rings is 1. The third kappa shape index (κ3) is 4.42. The summed E-state index contributed by atoms with van der Waals surface area (Å²) in [6.45, 7) is 5.14. The van der Waals surface area contributed by atoms with Crippen LogP contribution in [-0.2, 0) is 4.79 Å². The second-order valence-corrected chi connectivity index (χ2v) is 6.15. The third-order valence-corrected chi connectivity index (χ3v) is 4.04. The molecule has 2 aromatic rings. The van der Waals surface area contributed by atoms with E-state index in [1.807, 2.05) is 6.92 Å². The molecule has 1 aromatic carbocycles. The van der Waals surface area contributed by atoms with Crippen molar-refractivity contribution >= 4 is 29.1 Å². The molecular formula is C15H17N3O3S. The highest BCUT2D eigenvalue weighted by Crippen LogP contribution is 2.26. The van der Waals surface area contributed by atoms with E-state index >= 15 is 0 Å². The van der Waals surface area contributed by atoms with Gasteiger partial charge >= 0.3 is 0 Å². The van der Waals surface area contributed by atoms with Crippen LogP contribution in [0.25, 0.3) is 0 Å². The number of carbonyl (C=O) groups excluding carboxylic acids is 2. The zero-order valence-corrected chi connectivity index (χ0v) is 13.4. The molecular weight excluding hydrogens is 302 g/mol. The number of anilines is 1. The first-order chi connectivity index (χ1) is 10.5. The zero-order chi connectivity index (χ0) is 16.1. The number of carbonyl (C=O) groups is 2. The van der Waals surface area contributed by atoms with Gasteiger partial charge in [0, 0.05) is 11.3 Å². The minimum Gasteiger partial charge on any atom is -0.338 e. The van der Waals surface area contributed by atoms with Crippen LogP contribution in [0.2, 0.25) is 0 Å². The molecule has 1 atom stereocenters. The fourth-order valence-electron chi connectivity index (χ4n) is 1.76. The molecule has 1 amide bonds. The van der Waals surface area contributed by atoms with E-state index in [9.17, 15) is 9.59 Å². The Hall–Kier alpha value is -2.15. The lowest BCUT2D eigenvalue weighted by atomic mass is 10.1. The van der Waals surface area contributed by atoms with Crippen LogP contribution in [0.15, 0.2) is 28.8 Å². The smallest absolute Gasteiger partial charge is 0.239 e. The Kier molecular flexibility index (Phi) is 5.32. The molecule has 0 saturated heterocycles. The summed E-state index contributed by atoms with van der Waals surface area (Å²) in [5.74, 6) is 1.16. The molecule has 1 N–H and O–H groups in total. The fourth-order valence-corrected chi connectivity index (χ4v) is 2.48. The van der Waals surface area contributed by atoms with Gasteiger partial charge < -0.3 is 9.84 Å². The first kappa shape index (κ1) is 16.2. The van der Waals surface area contributed by atoms with Crippen LogP contribution in [-0.4, -0.2) is 27.6 Å². The van der Waals surface area contributed by atoms with E-state index in [-0.39, 0.29) is 22.7 Å².